The van der Waals surface area contributed by atoms with Crippen LogP contribution in [0.4, 0.5) is 0 Å². The van der Waals surface area contributed by atoms with Gasteiger partial charge in [0.1, 0.15) is 5.84 Å². The molecule has 8 heavy (non-hydrogen) atoms. The van der Waals surface area contributed by atoms with Gasteiger partial charge in [0.2, 0.25) is 0 Å². The first-order valence-corrected chi connectivity index (χ1v) is 2.51. The Bertz CT molecular complexity index is 175. The highest BCUT2D eigenvalue weighted by atomic mass is 14.9. The van der Waals surface area contributed by atoms with Gasteiger partial charge in [-0.15, -0.1) is 0 Å². The van der Waals surface area contributed by atoms with Gasteiger partial charge in [0.05, 0.1) is 0 Å². The molecule has 1 aliphatic rings. The maximum atomic E-state index is 5.41. The van der Waals surface area contributed by atoms with Crippen LogP contribution in [0.3, 0.4) is 0 Å². The van der Waals surface area contributed by atoms with E-state index < -0.39 is 0 Å². The summed E-state index contributed by atoms with van der Waals surface area (Å²) in [6.07, 6.45) is 5.52. The molecule has 0 saturated carbocycles. The van der Waals surface area contributed by atoms with Gasteiger partial charge in [-0.1, -0.05) is 6.08 Å². The van der Waals surface area contributed by atoms with Crippen LogP contribution < -0.4 is 5.73 Å². The molecule has 0 aromatic carbocycles. The molecule has 0 amide bonds. The van der Waals surface area contributed by atoms with Gasteiger partial charge < -0.3 is 5.73 Å². The van der Waals surface area contributed by atoms with Crippen LogP contribution in [0.1, 0.15) is 6.92 Å². The lowest BCUT2D eigenvalue weighted by Crippen LogP contribution is -2.09. The summed E-state index contributed by atoms with van der Waals surface area (Å²) < 4.78 is 0. The number of aliphatic imine (C=N–C) groups is 1. The molecule has 0 aliphatic carbocycles. The van der Waals surface area contributed by atoms with Gasteiger partial charge in [0.15, 0.2) is 0 Å². The van der Waals surface area contributed by atoms with E-state index in [2.05, 4.69) is 4.99 Å². The predicted molar refractivity (Wildman–Crippen MR) is 34.5 cm³/mol. The van der Waals surface area contributed by atoms with Crippen molar-refractivity contribution in [3.05, 3.63) is 23.9 Å². The Morgan fingerprint density at radius 3 is 2.75 bits per heavy atom. The topological polar surface area (TPSA) is 38.4 Å². The first-order valence-electron chi connectivity index (χ1n) is 2.51. The summed E-state index contributed by atoms with van der Waals surface area (Å²) in [4.78, 5) is 3.83. The summed E-state index contributed by atoms with van der Waals surface area (Å²) in [7, 11) is 0. The second-order valence-corrected chi connectivity index (χ2v) is 1.57. The van der Waals surface area contributed by atoms with Crippen molar-refractivity contribution in [1.29, 1.82) is 0 Å². The van der Waals surface area contributed by atoms with E-state index in [-0.39, 0.29) is 0 Å². The first kappa shape index (κ1) is 5.09. The van der Waals surface area contributed by atoms with Gasteiger partial charge in [-0.2, -0.15) is 0 Å². The van der Waals surface area contributed by atoms with Crippen LogP contribution in [0.15, 0.2) is 28.9 Å². The third kappa shape index (κ3) is 0.644. The lowest BCUT2D eigenvalue weighted by molar-refractivity contribution is 1.55. The molecule has 0 unspecified atom stereocenters. The molecule has 2 N–H and O–H groups in total. The summed E-state index contributed by atoms with van der Waals surface area (Å²) in [5, 5.41) is 0. The van der Waals surface area contributed by atoms with E-state index in [0.717, 1.165) is 5.57 Å². The summed E-state index contributed by atoms with van der Waals surface area (Å²) in [6.45, 7) is 1.94. The third-order valence-electron chi connectivity index (χ3n) is 1.07. The van der Waals surface area contributed by atoms with Crippen LogP contribution in [0.5, 0.6) is 0 Å². The van der Waals surface area contributed by atoms with Gasteiger partial charge in [-0.3, -0.25) is 0 Å². The van der Waals surface area contributed by atoms with Crippen LogP contribution in [0.2, 0.25) is 0 Å². The zero-order chi connectivity index (χ0) is 5.98. The van der Waals surface area contributed by atoms with Gasteiger partial charge in [0.25, 0.3) is 0 Å². The molecule has 2 heteroatoms. The highest BCUT2D eigenvalue weighted by molar-refractivity contribution is 6.01. The van der Waals surface area contributed by atoms with Crippen molar-refractivity contribution in [2.45, 2.75) is 6.92 Å². The molecule has 2 nitrogen and oxygen atoms in total. The van der Waals surface area contributed by atoms with Gasteiger partial charge in [-0.25, -0.2) is 4.99 Å². The molecule has 0 radical (unpaired) electrons. The number of hydrogen-bond acceptors (Lipinski definition) is 2. The second-order valence-electron chi connectivity index (χ2n) is 1.57. The largest absolute Gasteiger partial charge is 0.383 e. The smallest absolute Gasteiger partial charge is 0.130 e. The van der Waals surface area contributed by atoms with Gasteiger partial charge in [-0.05, 0) is 13.0 Å². The number of nitrogens with zero attached hydrogens (tertiary/aromatic N) is 1. The van der Waals surface area contributed by atoms with E-state index in [0.29, 0.717) is 5.84 Å². The number of nitrogens with two attached hydrogens (primary N) is 1. The van der Waals surface area contributed by atoms with E-state index in [4.69, 9.17) is 5.73 Å². The standard InChI is InChI=1S/C6H8N2/c1-2-5-3-4-8-6(5)7/h2-4H,1H3,(H2,7,8)/b5-2-. The first-order chi connectivity index (χ1) is 3.84. The minimum Gasteiger partial charge on any atom is -0.383 e. The Labute approximate surface area is 48.4 Å². The predicted octanol–water partition coefficient (Wildman–Crippen LogP) is 0.817. The van der Waals surface area contributed by atoms with Crippen molar-refractivity contribution in [1.82, 2.24) is 0 Å². The molecule has 1 heterocycles. The maximum Gasteiger partial charge on any atom is 0.130 e. The summed E-state index contributed by atoms with van der Waals surface area (Å²) >= 11 is 0. The molecule has 1 aliphatic heterocycles. The van der Waals surface area contributed by atoms with Gasteiger partial charge >= 0.3 is 0 Å². The van der Waals surface area contributed by atoms with E-state index in [1.54, 1.807) is 6.20 Å². The molecule has 42 valence electrons. The Kier molecular flexibility index (Phi) is 1.16. The Morgan fingerprint density at radius 2 is 2.50 bits per heavy atom. The summed E-state index contributed by atoms with van der Waals surface area (Å²) in [6, 6.07) is 0. The zero-order valence-corrected chi connectivity index (χ0v) is 4.76. The van der Waals surface area contributed by atoms with Crippen LogP contribution in [-0.2, 0) is 0 Å². The van der Waals surface area contributed by atoms with E-state index >= 15 is 0 Å². The monoisotopic (exact) mass is 108 g/mol. The highest BCUT2D eigenvalue weighted by Crippen LogP contribution is 2.03. The minimum atomic E-state index is 0.618. The van der Waals surface area contributed by atoms with Crippen molar-refractivity contribution in [3.8, 4) is 0 Å². The molecule has 0 fully saturated rings. The molecule has 0 aromatic heterocycles. The molecular weight excluding hydrogens is 100 g/mol. The Balaban J connectivity index is 2.88. The fraction of sp³-hybridized carbons (Fsp3) is 0.167. The molecule has 0 bridgehead atoms. The molecule has 0 spiro atoms. The van der Waals surface area contributed by atoms with Crippen LogP contribution in [-0.4, -0.2) is 5.84 Å². The van der Waals surface area contributed by atoms with E-state index in [1.165, 1.54) is 0 Å². The molecule has 0 atom stereocenters. The summed E-state index contributed by atoms with van der Waals surface area (Å²) in [5.41, 5.74) is 6.43. The fourth-order valence-corrected chi connectivity index (χ4v) is 0.602. The van der Waals surface area contributed by atoms with Crippen molar-refractivity contribution < 1.29 is 0 Å². The molecule has 0 aromatic rings. The lowest BCUT2D eigenvalue weighted by atomic mass is 10.2. The van der Waals surface area contributed by atoms with Crippen molar-refractivity contribution in [2.24, 2.45) is 10.7 Å². The van der Waals surface area contributed by atoms with Crippen LogP contribution in [0, 0.1) is 0 Å². The van der Waals surface area contributed by atoms with Crippen molar-refractivity contribution in [3.63, 3.8) is 0 Å². The van der Waals surface area contributed by atoms with E-state index in [9.17, 15) is 0 Å². The number of rotatable bonds is 0. The normalized spacial score (nSPS) is 22.1. The Hall–Kier alpha value is -1.05. The number of hydrogen-bond donors (Lipinski definition) is 1. The highest BCUT2D eigenvalue weighted by Gasteiger charge is 1.99. The van der Waals surface area contributed by atoms with Crippen molar-refractivity contribution in [2.75, 3.05) is 0 Å². The maximum absolute atomic E-state index is 5.41. The zero-order valence-electron chi connectivity index (χ0n) is 4.76. The average Bonchev–Trinajstić information content (AvgIpc) is 2.14. The lowest BCUT2D eigenvalue weighted by Gasteiger charge is -1.88. The van der Waals surface area contributed by atoms with Crippen LogP contribution in [0.25, 0.3) is 0 Å². The summed E-state index contributed by atoms with van der Waals surface area (Å²) in [5.74, 6) is 0.618. The molecule has 1 rings (SSSR count). The second kappa shape index (κ2) is 1.82. The van der Waals surface area contributed by atoms with E-state index in [1.807, 2.05) is 19.1 Å². The quantitative estimate of drug-likeness (QED) is 0.490. The molecule has 0 saturated heterocycles. The molecular formula is C6H8N2. The number of amidine groups is 1. The SMILES string of the molecule is C/C=C1/C=CN=C1N. The Morgan fingerprint density at radius 1 is 1.75 bits per heavy atom. The average molecular weight is 108 g/mol. The minimum absolute atomic E-state index is 0.618. The van der Waals surface area contributed by atoms with Crippen molar-refractivity contribution >= 4 is 5.84 Å². The fourth-order valence-electron chi connectivity index (χ4n) is 0.602. The van der Waals surface area contributed by atoms with Gasteiger partial charge in [0, 0.05) is 11.8 Å². The van der Waals surface area contributed by atoms with Crippen LogP contribution >= 0.6 is 0 Å². The third-order valence-corrected chi connectivity index (χ3v) is 1.07. The number of allylic oxidation sites excluding steroid dienone is 1.